The van der Waals surface area contributed by atoms with E-state index in [0.717, 1.165) is 12.1 Å². The van der Waals surface area contributed by atoms with Crippen LogP contribution in [0.15, 0.2) is 46.2 Å². The number of hydrogen-bond acceptors (Lipinski definition) is 6. The molecular weight excluding hydrogens is 459 g/mol. The molecule has 0 radical (unpaired) electrons. The van der Waals surface area contributed by atoms with E-state index in [1.54, 1.807) is 0 Å². The van der Waals surface area contributed by atoms with Crippen molar-refractivity contribution in [3.05, 3.63) is 47.5 Å². The van der Waals surface area contributed by atoms with Crippen LogP contribution in [0.25, 0.3) is 0 Å². The zero-order chi connectivity index (χ0) is 22.7. The summed E-state index contributed by atoms with van der Waals surface area (Å²) in [6, 6.07) is 7.83. The molecule has 0 spiro atoms. The summed E-state index contributed by atoms with van der Waals surface area (Å²) in [7, 11) is -9.24. The van der Waals surface area contributed by atoms with Crippen LogP contribution in [0.3, 0.4) is 0 Å². The van der Waals surface area contributed by atoms with Gasteiger partial charge in [-0.15, -0.1) is 0 Å². The second kappa shape index (κ2) is 10.7. The average Bonchev–Trinajstić information content (AvgIpc) is 2.58. The van der Waals surface area contributed by atoms with E-state index in [0.29, 0.717) is 0 Å². The van der Waals surface area contributed by atoms with Gasteiger partial charge in [0.1, 0.15) is 0 Å². The fraction of sp³-hybridized carbons (Fsp3) is 0.222. The third-order valence-electron chi connectivity index (χ3n) is 3.99. The zero-order valence-corrected chi connectivity index (χ0v) is 17.7. The zero-order valence-electron chi connectivity index (χ0n) is 16.0. The van der Waals surface area contributed by atoms with Crippen LogP contribution in [0.5, 0.6) is 0 Å². The summed E-state index contributed by atoms with van der Waals surface area (Å²) in [5.74, 6) is -0.859. The Morgan fingerprint density at radius 1 is 0.742 bits per heavy atom. The maximum atomic E-state index is 11.7. The fourth-order valence-electron chi connectivity index (χ4n) is 2.83. The molecule has 0 heterocycles. The van der Waals surface area contributed by atoms with Gasteiger partial charge in [0.05, 0.1) is 9.79 Å². The molecular formula is C18H21N2NaO8S2. The number of anilines is 2. The molecule has 2 rings (SSSR count). The van der Waals surface area contributed by atoms with Crippen LogP contribution < -0.4 is 10.6 Å². The van der Waals surface area contributed by atoms with Crippen molar-refractivity contribution in [1.82, 2.24) is 0 Å². The molecule has 2 aromatic rings. The first-order chi connectivity index (χ1) is 13.8. The van der Waals surface area contributed by atoms with Crippen molar-refractivity contribution in [3.8, 4) is 0 Å². The molecule has 0 aliphatic heterocycles. The Balaban J connectivity index is 0.00000480. The van der Waals surface area contributed by atoms with Gasteiger partial charge < -0.3 is 10.6 Å². The predicted octanol–water partition coefficient (Wildman–Crippen LogP) is 1.23. The molecule has 0 saturated heterocycles. The predicted molar refractivity (Wildman–Crippen MR) is 116 cm³/mol. The average molecular weight is 480 g/mol. The van der Waals surface area contributed by atoms with Crippen molar-refractivity contribution in [2.45, 2.75) is 36.5 Å². The minimum absolute atomic E-state index is 0. The van der Waals surface area contributed by atoms with Crippen LogP contribution in [-0.2, 0) is 42.7 Å². The molecule has 13 heteroatoms. The number of aryl methyl sites for hydroxylation is 2. The van der Waals surface area contributed by atoms with Gasteiger partial charge in [-0.1, -0.05) is 12.1 Å². The van der Waals surface area contributed by atoms with Gasteiger partial charge in [0.15, 0.2) is 0 Å². The number of hydrogen-bond donors (Lipinski definition) is 4. The van der Waals surface area contributed by atoms with Crippen LogP contribution >= 0.6 is 0 Å². The molecule has 31 heavy (non-hydrogen) atoms. The van der Waals surface area contributed by atoms with E-state index in [9.17, 15) is 35.5 Å². The molecule has 2 amide bonds. The number of carbonyl (C=O) groups is 2. The Hall–Kier alpha value is -1.80. The third kappa shape index (κ3) is 8.00. The van der Waals surface area contributed by atoms with E-state index in [1.807, 2.05) is 0 Å². The van der Waals surface area contributed by atoms with Gasteiger partial charge in [0, 0.05) is 25.2 Å². The molecule has 164 valence electrons. The summed E-state index contributed by atoms with van der Waals surface area (Å²) in [4.78, 5) is 21.5. The first-order valence-electron chi connectivity index (χ1n) is 8.53. The van der Waals surface area contributed by atoms with Gasteiger partial charge in [-0.25, -0.2) is 0 Å². The first kappa shape index (κ1) is 27.2. The van der Waals surface area contributed by atoms with E-state index in [4.69, 9.17) is 0 Å². The van der Waals surface area contributed by atoms with Crippen molar-refractivity contribution in [3.63, 3.8) is 0 Å². The summed E-state index contributed by atoms with van der Waals surface area (Å²) < 4.78 is 66.0. The van der Waals surface area contributed by atoms with Crippen molar-refractivity contribution in [1.29, 1.82) is 0 Å². The molecule has 10 nitrogen and oxygen atoms in total. The normalized spacial score (nSPS) is 11.4. The SMILES string of the molecule is CC(=O)Nc1ccc(CCc2ccc(NC(C)=O)cc2S(=O)(=O)O)c(S(=O)(=O)O)c1.[NaH]. The van der Waals surface area contributed by atoms with E-state index < -0.39 is 41.8 Å². The van der Waals surface area contributed by atoms with Crippen LogP contribution in [0.4, 0.5) is 11.4 Å². The van der Waals surface area contributed by atoms with E-state index in [-0.39, 0.29) is 64.9 Å². The summed E-state index contributed by atoms with van der Waals surface area (Å²) in [5, 5.41) is 4.82. The molecule has 4 N–H and O–H groups in total. The van der Waals surface area contributed by atoms with E-state index in [1.165, 1.54) is 38.1 Å². The topological polar surface area (TPSA) is 167 Å². The standard InChI is InChI=1S/C18H20N2O8S2.Na.H/c1-11(21)19-15-7-5-13(17(9-15)29(23,24)25)3-4-14-6-8-16(20-12(2)22)10-18(14)30(26,27)28;;/h5-10H,3-4H2,1-2H3,(H,19,21)(H,20,22)(H,23,24,25)(H,26,27,28);;. The Labute approximate surface area is 202 Å². The summed E-state index contributed by atoms with van der Waals surface area (Å²) >= 11 is 0. The molecule has 0 saturated carbocycles. The second-order valence-electron chi connectivity index (χ2n) is 6.46. The van der Waals surface area contributed by atoms with Gasteiger partial charge in [0.25, 0.3) is 20.2 Å². The maximum absolute atomic E-state index is 11.7. The number of carbonyl (C=O) groups excluding carboxylic acids is 2. The molecule has 0 aliphatic carbocycles. The summed E-state index contributed by atoms with van der Waals surface area (Å²) in [6.07, 6.45) is -0.00500. The number of amides is 2. The van der Waals surface area contributed by atoms with Crippen molar-refractivity contribution >= 4 is 73.0 Å². The van der Waals surface area contributed by atoms with Crippen LogP contribution in [-0.4, -0.2) is 67.3 Å². The van der Waals surface area contributed by atoms with Crippen LogP contribution in [0.2, 0.25) is 0 Å². The summed E-state index contributed by atoms with van der Waals surface area (Å²) in [5.41, 5.74) is 0.687. The van der Waals surface area contributed by atoms with Crippen molar-refractivity contribution < 1.29 is 35.5 Å². The van der Waals surface area contributed by atoms with Gasteiger partial charge in [-0.3, -0.25) is 18.7 Å². The van der Waals surface area contributed by atoms with Crippen LogP contribution in [0, 0.1) is 0 Å². The van der Waals surface area contributed by atoms with Gasteiger partial charge in [-0.2, -0.15) is 16.8 Å². The Kier molecular flexibility index (Phi) is 9.38. The van der Waals surface area contributed by atoms with Gasteiger partial charge >= 0.3 is 29.6 Å². The Morgan fingerprint density at radius 3 is 1.32 bits per heavy atom. The van der Waals surface area contributed by atoms with Crippen molar-refractivity contribution in [2.24, 2.45) is 0 Å². The molecule has 0 bridgehead atoms. The molecule has 2 aromatic carbocycles. The fourth-order valence-corrected chi connectivity index (χ4v) is 4.39. The third-order valence-corrected chi connectivity index (χ3v) is 5.87. The molecule has 0 atom stereocenters. The number of nitrogens with one attached hydrogen (secondary N) is 2. The Bertz CT molecular complexity index is 1120. The van der Waals surface area contributed by atoms with Gasteiger partial charge in [-0.05, 0) is 48.2 Å². The summed E-state index contributed by atoms with van der Waals surface area (Å²) in [6.45, 7) is 2.48. The molecule has 0 aliphatic rings. The van der Waals surface area contributed by atoms with E-state index >= 15 is 0 Å². The minimum atomic E-state index is -4.62. The van der Waals surface area contributed by atoms with E-state index in [2.05, 4.69) is 10.6 Å². The van der Waals surface area contributed by atoms with Crippen LogP contribution in [0.1, 0.15) is 25.0 Å². The number of benzene rings is 2. The Morgan fingerprint density at radius 2 is 1.06 bits per heavy atom. The number of rotatable bonds is 7. The monoisotopic (exact) mass is 480 g/mol. The molecule has 0 fully saturated rings. The first-order valence-corrected chi connectivity index (χ1v) is 11.4. The second-order valence-corrected chi connectivity index (χ2v) is 9.24. The van der Waals surface area contributed by atoms with Crippen molar-refractivity contribution in [2.75, 3.05) is 10.6 Å². The molecule has 0 aromatic heterocycles. The quantitative estimate of drug-likeness (QED) is 0.339. The van der Waals surface area contributed by atoms with Gasteiger partial charge in [0.2, 0.25) is 11.8 Å². The molecule has 0 unspecified atom stereocenters.